The number of hydrogen-bond donors (Lipinski definition) is 2. The van der Waals surface area contributed by atoms with Crippen LogP contribution in [0.25, 0.3) is 5.57 Å². The Kier molecular flexibility index (Phi) is 5.62. The van der Waals surface area contributed by atoms with Crippen molar-refractivity contribution in [3.8, 4) is 5.88 Å². The molecule has 4 rings (SSSR count). The van der Waals surface area contributed by atoms with Gasteiger partial charge >= 0.3 is 0 Å². The third-order valence-corrected chi connectivity index (χ3v) is 6.17. The summed E-state index contributed by atoms with van der Waals surface area (Å²) in [5, 5.41) is 13.8. The zero-order chi connectivity index (χ0) is 19.5. The molecule has 5 nitrogen and oxygen atoms in total. The molecule has 0 radical (unpaired) electrons. The topological polar surface area (TPSA) is 67.2 Å². The number of benzene rings is 2. The average Bonchev–Trinajstić information content (AvgIpc) is 2.98. The number of aromatic amines is 1. The van der Waals surface area contributed by atoms with E-state index in [-0.39, 0.29) is 16.3 Å². The zero-order valence-electron chi connectivity index (χ0n) is 15.0. The van der Waals surface area contributed by atoms with Gasteiger partial charge in [0.25, 0.3) is 5.56 Å². The van der Waals surface area contributed by atoms with Crippen LogP contribution in [0.1, 0.15) is 17.5 Å². The lowest BCUT2D eigenvalue weighted by Crippen LogP contribution is -2.07. The predicted molar refractivity (Wildman–Crippen MR) is 111 cm³/mol. The maximum absolute atomic E-state index is 12.3. The molecule has 0 saturated heterocycles. The fourth-order valence-electron chi connectivity index (χ4n) is 3.09. The van der Waals surface area contributed by atoms with Crippen LogP contribution in [0.4, 0.5) is 0 Å². The van der Waals surface area contributed by atoms with Gasteiger partial charge < -0.3 is 9.84 Å². The maximum Gasteiger partial charge on any atom is 0.282 e. The molecule has 3 aromatic rings. The van der Waals surface area contributed by atoms with Crippen molar-refractivity contribution in [1.82, 2.24) is 9.78 Å². The molecule has 144 valence electrons. The van der Waals surface area contributed by atoms with Gasteiger partial charge in [-0.05, 0) is 35.3 Å². The Morgan fingerprint density at radius 3 is 2.68 bits per heavy atom. The van der Waals surface area contributed by atoms with Crippen LogP contribution in [0.3, 0.4) is 0 Å². The number of nitrogens with one attached hydrogen (secondary N) is 1. The van der Waals surface area contributed by atoms with E-state index in [0.29, 0.717) is 18.2 Å². The summed E-state index contributed by atoms with van der Waals surface area (Å²) < 4.78 is 6.80. The Hall–Kier alpha value is -2.41. The molecule has 0 spiro atoms. The number of rotatable bonds is 5. The van der Waals surface area contributed by atoms with Crippen molar-refractivity contribution in [2.45, 2.75) is 22.8 Å². The summed E-state index contributed by atoms with van der Waals surface area (Å²) in [7, 11) is 0. The van der Waals surface area contributed by atoms with Gasteiger partial charge in [-0.1, -0.05) is 65.8 Å². The second-order valence-electron chi connectivity index (χ2n) is 6.46. The molecule has 2 aromatic carbocycles. The fourth-order valence-corrected chi connectivity index (χ4v) is 4.21. The normalized spacial score (nSPS) is 14.1. The van der Waals surface area contributed by atoms with E-state index < -0.39 is 0 Å². The summed E-state index contributed by atoms with van der Waals surface area (Å²) in [4.78, 5) is 13.3. The lowest BCUT2D eigenvalue weighted by atomic mass is 10.0. The Balaban J connectivity index is 1.53. The molecule has 0 bridgehead atoms. The van der Waals surface area contributed by atoms with Gasteiger partial charge in [-0.2, -0.15) is 0 Å². The van der Waals surface area contributed by atoms with Gasteiger partial charge in [0.2, 0.25) is 5.88 Å². The summed E-state index contributed by atoms with van der Waals surface area (Å²) >= 11 is 7.31. The minimum atomic E-state index is -0.341. The monoisotopic (exact) mass is 414 g/mol. The largest absolute Gasteiger partial charge is 0.493 e. The van der Waals surface area contributed by atoms with Gasteiger partial charge in [0.1, 0.15) is 4.90 Å². The van der Waals surface area contributed by atoms with Crippen molar-refractivity contribution in [3.63, 3.8) is 0 Å². The number of aromatic hydroxyl groups is 1. The summed E-state index contributed by atoms with van der Waals surface area (Å²) in [6.07, 6.45) is 3.01. The van der Waals surface area contributed by atoms with Crippen molar-refractivity contribution >= 4 is 28.9 Å². The molecule has 0 unspecified atom stereocenters. The first kappa shape index (κ1) is 18.9. The van der Waals surface area contributed by atoms with Gasteiger partial charge in [-0.25, -0.2) is 4.68 Å². The third-order valence-electron chi connectivity index (χ3n) is 4.58. The van der Waals surface area contributed by atoms with Crippen LogP contribution in [-0.2, 0) is 11.3 Å². The van der Waals surface area contributed by atoms with E-state index >= 15 is 0 Å². The van der Waals surface area contributed by atoms with Crippen molar-refractivity contribution in [2.75, 3.05) is 13.2 Å². The van der Waals surface area contributed by atoms with E-state index in [0.717, 1.165) is 35.2 Å². The number of hydrogen-bond acceptors (Lipinski definition) is 4. The molecule has 7 heteroatoms. The molecule has 2 heterocycles. The van der Waals surface area contributed by atoms with Crippen LogP contribution < -0.4 is 5.56 Å². The van der Waals surface area contributed by atoms with Crippen molar-refractivity contribution in [1.29, 1.82) is 0 Å². The Morgan fingerprint density at radius 1 is 1.18 bits per heavy atom. The van der Waals surface area contributed by atoms with E-state index in [9.17, 15) is 9.90 Å². The first-order chi connectivity index (χ1) is 13.6. The first-order valence-electron chi connectivity index (χ1n) is 8.92. The molecular weight excluding hydrogens is 396 g/mol. The highest BCUT2D eigenvalue weighted by Gasteiger charge is 2.17. The highest BCUT2D eigenvalue weighted by atomic mass is 35.5. The molecule has 0 amide bonds. The van der Waals surface area contributed by atoms with Crippen molar-refractivity contribution in [3.05, 3.63) is 81.1 Å². The summed E-state index contributed by atoms with van der Waals surface area (Å²) in [5.41, 5.74) is 3.10. The second kappa shape index (κ2) is 8.31. The van der Waals surface area contributed by atoms with E-state index in [1.54, 1.807) is 6.07 Å². The molecule has 2 N–H and O–H groups in total. The van der Waals surface area contributed by atoms with Crippen LogP contribution in [0, 0.1) is 0 Å². The molecule has 0 fully saturated rings. The van der Waals surface area contributed by atoms with Crippen LogP contribution in [0.2, 0.25) is 5.02 Å². The smallest absolute Gasteiger partial charge is 0.282 e. The average molecular weight is 415 g/mol. The van der Waals surface area contributed by atoms with E-state index in [1.165, 1.54) is 15.8 Å². The highest BCUT2D eigenvalue weighted by molar-refractivity contribution is 7.99. The minimum absolute atomic E-state index is 0.0915. The standard InChI is InChI=1S/C21H19ClN2O3S/c22-17-3-1-2-4-18(17)28-19-20(25)23-24(21(19)26)13-14-5-7-15(8-6-14)16-9-11-27-12-10-16/h1-9,26H,10-13H2,(H,23,25). The Bertz CT molecular complexity index is 1070. The summed E-state index contributed by atoms with van der Waals surface area (Å²) in [6.45, 7) is 1.77. The Morgan fingerprint density at radius 2 is 1.96 bits per heavy atom. The molecule has 0 saturated carbocycles. The van der Waals surface area contributed by atoms with Crippen LogP contribution in [0.15, 0.2) is 69.2 Å². The second-order valence-corrected chi connectivity index (χ2v) is 7.92. The van der Waals surface area contributed by atoms with Crippen molar-refractivity contribution in [2.24, 2.45) is 0 Å². The molecule has 0 atom stereocenters. The number of aromatic nitrogens is 2. The lowest BCUT2D eigenvalue weighted by Gasteiger charge is -2.14. The zero-order valence-corrected chi connectivity index (χ0v) is 16.6. The van der Waals surface area contributed by atoms with E-state index in [2.05, 4.69) is 23.3 Å². The first-order valence-corrected chi connectivity index (χ1v) is 10.1. The van der Waals surface area contributed by atoms with Gasteiger partial charge in [-0.3, -0.25) is 9.89 Å². The van der Waals surface area contributed by atoms with E-state index in [4.69, 9.17) is 16.3 Å². The van der Waals surface area contributed by atoms with Crippen LogP contribution in [-0.4, -0.2) is 28.1 Å². The van der Waals surface area contributed by atoms with Gasteiger partial charge in [0, 0.05) is 4.90 Å². The number of halogens is 1. The van der Waals surface area contributed by atoms with Gasteiger partial charge in [0.05, 0.1) is 24.8 Å². The number of ether oxygens (including phenoxy) is 1. The quantitative estimate of drug-likeness (QED) is 0.643. The minimum Gasteiger partial charge on any atom is -0.493 e. The third kappa shape index (κ3) is 4.04. The summed E-state index contributed by atoms with van der Waals surface area (Å²) in [5.74, 6) is -0.0915. The SMILES string of the molecule is O=c1[nH]n(Cc2ccc(C3=CCOCC3)cc2)c(O)c1Sc1ccccc1Cl. The number of H-pyrrole nitrogens is 1. The molecule has 1 aliphatic heterocycles. The van der Waals surface area contributed by atoms with E-state index in [1.807, 2.05) is 30.3 Å². The molecule has 28 heavy (non-hydrogen) atoms. The number of nitrogens with zero attached hydrogens (tertiary/aromatic N) is 1. The fraction of sp³-hybridized carbons (Fsp3) is 0.190. The van der Waals surface area contributed by atoms with Gasteiger partial charge in [-0.15, -0.1) is 0 Å². The maximum atomic E-state index is 12.3. The Labute approximate surface area is 171 Å². The molecule has 0 aliphatic carbocycles. The van der Waals surface area contributed by atoms with Gasteiger partial charge in [0.15, 0.2) is 0 Å². The summed E-state index contributed by atoms with van der Waals surface area (Å²) in [6, 6.07) is 15.4. The van der Waals surface area contributed by atoms with Crippen LogP contribution in [0.5, 0.6) is 5.88 Å². The predicted octanol–water partition coefficient (Wildman–Crippen LogP) is 4.54. The van der Waals surface area contributed by atoms with Crippen molar-refractivity contribution < 1.29 is 9.84 Å². The van der Waals surface area contributed by atoms with Crippen LogP contribution >= 0.6 is 23.4 Å². The molecular formula is C21H19ClN2O3S. The molecule has 1 aromatic heterocycles. The molecule has 1 aliphatic rings. The highest BCUT2D eigenvalue weighted by Crippen LogP contribution is 2.35. The lowest BCUT2D eigenvalue weighted by molar-refractivity contribution is 0.161.